The lowest BCUT2D eigenvalue weighted by atomic mass is 10.1. The Balaban J connectivity index is 3.35. The highest BCUT2D eigenvalue weighted by atomic mass is 32.2. The molecule has 0 aromatic rings. The average molecular weight is 302 g/mol. The molecule has 0 aromatic heterocycles. The Bertz CT molecular complexity index is 337. The van der Waals surface area contributed by atoms with Crippen LogP contribution >= 0.6 is 0 Å². The third-order valence-corrected chi connectivity index (χ3v) is 3.79. The summed E-state index contributed by atoms with van der Waals surface area (Å²) in [5.41, 5.74) is 0. The predicted octanol–water partition coefficient (Wildman–Crippen LogP) is 4.16. The molecule has 0 aliphatic rings. The number of hydrogen-bond donors (Lipinski definition) is 0. The molecule has 0 rings (SSSR count). The second-order valence-electron chi connectivity index (χ2n) is 4.36. The third-order valence-electron chi connectivity index (χ3n) is 2.57. The topological polar surface area (TPSA) is 43.4 Å². The van der Waals surface area contributed by atoms with Crippen molar-refractivity contribution in [1.29, 1.82) is 0 Å². The van der Waals surface area contributed by atoms with Crippen molar-refractivity contribution in [3.63, 3.8) is 0 Å². The number of unbranched alkanes of at least 4 members (excludes halogenated alkanes) is 6. The first-order chi connectivity index (χ1) is 8.77. The van der Waals surface area contributed by atoms with Crippen LogP contribution in [0.2, 0.25) is 0 Å². The standard InChI is InChI=1S/C12H21F3O3S/c1-2-18-19(16,17)11-9-7-5-3-4-6-8-10-12(13,14)15/h2H,1,3-11H2. The molecule has 19 heavy (non-hydrogen) atoms. The first-order valence-corrected chi connectivity index (χ1v) is 7.93. The van der Waals surface area contributed by atoms with Crippen LogP contribution in [-0.2, 0) is 14.3 Å². The normalized spacial score (nSPS) is 12.4. The van der Waals surface area contributed by atoms with Gasteiger partial charge in [0.1, 0.15) is 0 Å². The van der Waals surface area contributed by atoms with Gasteiger partial charge in [-0.2, -0.15) is 21.6 Å². The fourth-order valence-corrected chi connectivity index (χ4v) is 2.50. The Morgan fingerprint density at radius 1 is 0.947 bits per heavy atom. The highest BCUT2D eigenvalue weighted by Gasteiger charge is 2.25. The molecule has 0 bridgehead atoms. The minimum atomic E-state index is -4.06. The van der Waals surface area contributed by atoms with Gasteiger partial charge in [0.25, 0.3) is 0 Å². The van der Waals surface area contributed by atoms with Gasteiger partial charge in [0.15, 0.2) is 0 Å². The second kappa shape index (κ2) is 9.23. The Labute approximate surface area is 113 Å². The fraction of sp³-hybridized carbons (Fsp3) is 0.833. The lowest BCUT2D eigenvalue weighted by Crippen LogP contribution is -2.07. The maximum absolute atomic E-state index is 11.8. The summed E-state index contributed by atoms with van der Waals surface area (Å²) in [6.07, 6.45) is 0.502. The Morgan fingerprint density at radius 2 is 1.42 bits per heavy atom. The molecule has 0 saturated heterocycles. The molecule has 0 amide bonds. The van der Waals surface area contributed by atoms with Gasteiger partial charge in [-0.05, 0) is 12.8 Å². The fourth-order valence-electron chi connectivity index (χ4n) is 1.64. The Morgan fingerprint density at radius 3 is 1.89 bits per heavy atom. The number of halogens is 3. The summed E-state index contributed by atoms with van der Waals surface area (Å²) in [5.74, 6) is -0.0485. The maximum atomic E-state index is 11.8. The van der Waals surface area contributed by atoms with Gasteiger partial charge in [-0.1, -0.05) is 38.7 Å². The largest absolute Gasteiger partial charge is 0.391 e. The summed E-state index contributed by atoms with van der Waals surface area (Å²) in [5, 5.41) is 0. The summed E-state index contributed by atoms with van der Waals surface area (Å²) in [6, 6.07) is 0. The zero-order valence-corrected chi connectivity index (χ0v) is 11.7. The van der Waals surface area contributed by atoms with Gasteiger partial charge in [0.2, 0.25) is 0 Å². The molecule has 0 aliphatic heterocycles. The van der Waals surface area contributed by atoms with Crippen LogP contribution in [0.15, 0.2) is 12.8 Å². The van der Waals surface area contributed by atoms with Crippen LogP contribution in [-0.4, -0.2) is 20.3 Å². The molecule has 0 radical (unpaired) electrons. The molecule has 0 heterocycles. The SMILES string of the molecule is C=COS(=O)(=O)CCCCCCCCCC(F)(F)F. The van der Waals surface area contributed by atoms with Gasteiger partial charge in [-0.25, -0.2) is 0 Å². The lowest BCUT2D eigenvalue weighted by molar-refractivity contribution is -0.135. The van der Waals surface area contributed by atoms with E-state index in [-0.39, 0.29) is 12.2 Å². The van der Waals surface area contributed by atoms with Crippen molar-refractivity contribution < 1.29 is 25.8 Å². The van der Waals surface area contributed by atoms with Crippen LogP contribution in [0.5, 0.6) is 0 Å². The smallest absolute Gasteiger partial charge is 0.389 e. The summed E-state index contributed by atoms with van der Waals surface area (Å²) < 4.78 is 62.0. The predicted molar refractivity (Wildman–Crippen MR) is 68.1 cm³/mol. The van der Waals surface area contributed by atoms with Crippen LogP contribution in [0.25, 0.3) is 0 Å². The van der Waals surface area contributed by atoms with Crippen molar-refractivity contribution >= 4 is 10.1 Å². The van der Waals surface area contributed by atoms with Crippen molar-refractivity contribution in [1.82, 2.24) is 0 Å². The first-order valence-electron chi connectivity index (χ1n) is 6.35. The Hall–Kier alpha value is -0.720. The molecular weight excluding hydrogens is 281 g/mol. The average Bonchev–Trinajstić information content (AvgIpc) is 2.25. The number of rotatable bonds is 11. The monoisotopic (exact) mass is 302 g/mol. The van der Waals surface area contributed by atoms with E-state index in [0.717, 1.165) is 31.9 Å². The van der Waals surface area contributed by atoms with E-state index in [1.54, 1.807) is 0 Å². The van der Waals surface area contributed by atoms with E-state index in [2.05, 4.69) is 10.8 Å². The van der Waals surface area contributed by atoms with Gasteiger partial charge in [-0.15, -0.1) is 0 Å². The van der Waals surface area contributed by atoms with Crippen molar-refractivity contribution in [2.45, 2.75) is 57.5 Å². The van der Waals surface area contributed by atoms with Gasteiger partial charge >= 0.3 is 16.3 Å². The maximum Gasteiger partial charge on any atom is 0.389 e. The van der Waals surface area contributed by atoms with Crippen LogP contribution in [0.3, 0.4) is 0 Å². The molecule has 3 nitrogen and oxygen atoms in total. The molecule has 0 aliphatic carbocycles. The number of hydrogen-bond acceptors (Lipinski definition) is 3. The van der Waals surface area contributed by atoms with Crippen LogP contribution < -0.4 is 0 Å². The highest BCUT2D eigenvalue weighted by molar-refractivity contribution is 7.86. The minimum absolute atomic E-state index is 0.0485. The molecule has 114 valence electrons. The van der Waals surface area contributed by atoms with Crippen LogP contribution in [0.1, 0.15) is 51.4 Å². The van der Waals surface area contributed by atoms with Gasteiger partial charge < -0.3 is 4.18 Å². The molecule has 0 aromatic carbocycles. The minimum Gasteiger partial charge on any atom is -0.391 e. The van der Waals surface area contributed by atoms with E-state index in [4.69, 9.17) is 0 Å². The highest BCUT2D eigenvalue weighted by Crippen LogP contribution is 2.23. The van der Waals surface area contributed by atoms with Crippen molar-refractivity contribution in [2.75, 3.05) is 5.75 Å². The van der Waals surface area contributed by atoms with E-state index in [0.29, 0.717) is 12.8 Å². The van der Waals surface area contributed by atoms with E-state index in [1.807, 2.05) is 0 Å². The lowest BCUT2D eigenvalue weighted by Gasteiger charge is -2.05. The van der Waals surface area contributed by atoms with Crippen molar-refractivity contribution in [3.8, 4) is 0 Å². The molecule has 0 atom stereocenters. The first kappa shape index (κ1) is 18.3. The Kier molecular flexibility index (Phi) is 8.88. The summed E-state index contributed by atoms with van der Waals surface area (Å²) in [6.45, 7) is 3.17. The molecule has 0 unspecified atom stereocenters. The van der Waals surface area contributed by atoms with Crippen molar-refractivity contribution in [2.24, 2.45) is 0 Å². The summed E-state index contributed by atoms with van der Waals surface area (Å²) in [7, 11) is -3.49. The summed E-state index contributed by atoms with van der Waals surface area (Å²) in [4.78, 5) is 0. The molecule has 0 saturated carbocycles. The summed E-state index contributed by atoms with van der Waals surface area (Å²) >= 11 is 0. The van der Waals surface area contributed by atoms with Crippen LogP contribution in [0.4, 0.5) is 13.2 Å². The third kappa shape index (κ3) is 13.5. The molecule has 0 fully saturated rings. The second-order valence-corrected chi connectivity index (χ2v) is 6.08. The molecule has 0 spiro atoms. The van der Waals surface area contributed by atoms with Crippen LogP contribution in [0, 0.1) is 0 Å². The van der Waals surface area contributed by atoms with Gasteiger partial charge in [0, 0.05) is 6.42 Å². The molecular formula is C12H21F3O3S. The van der Waals surface area contributed by atoms with E-state index in [1.165, 1.54) is 0 Å². The number of alkyl halides is 3. The molecule has 0 N–H and O–H groups in total. The zero-order valence-electron chi connectivity index (χ0n) is 10.9. The zero-order chi connectivity index (χ0) is 14.8. The van der Waals surface area contributed by atoms with E-state index in [9.17, 15) is 21.6 Å². The molecule has 7 heteroatoms. The quantitative estimate of drug-likeness (QED) is 0.327. The van der Waals surface area contributed by atoms with Gasteiger partial charge in [0.05, 0.1) is 12.0 Å². The van der Waals surface area contributed by atoms with E-state index >= 15 is 0 Å². The van der Waals surface area contributed by atoms with Gasteiger partial charge in [-0.3, -0.25) is 0 Å². The van der Waals surface area contributed by atoms with Crippen molar-refractivity contribution in [3.05, 3.63) is 12.8 Å². The van der Waals surface area contributed by atoms with E-state index < -0.39 is 22.7 Å².